The number of carbonyl (C=O) groups excluding carboxylic acids is 3. The van der Waals surface area contributed by atoms with Crippen LogP contribution in [0.15, 0.2) is 53.6 Å². The van der Waals surface area contributed by atoms with E-state index in [-0.39, 0.29) is 35.7 Å². The Bertz CT molecular complexity index is 885. The van der Waals surface area contributed by atoms with E-state index in [1.54, 1.807) is 0 Å². The Morgan fingerprint density at radius 2 is 1.77 bits per heavy atom. The van der Waals surface area contributed by atoms with Gasteiger partial charge >= 0.3 is 6.09 Å². The van der Waals surface area contributed by atoms with Crippen LogP contribution in [0.4, 0.5) is 4.79 Å². The summed E-state index contributed by atoms with van der Waals surface area (Å²) in [6, 6.07) is 8.84. The summed E-state index contributed by atoms with van der Waals surface area (Å²) in [6.45, 7) is 2.00. The highest BCUT2D eigenvalue weighted by Gasteiger charge is 2.56. The number of imide groups is 1. The molecular formula is C21H19NO4. The number of amides is 2. The van der Waals surface area contributed by atoms with Gasteiger partial charge in [0.2, 0.25) is 0 Å². The lowest BCUT2D eigenvalue weighted by Crippen LogP contribution is -2.37. The van der Waals surface area contributed by atoms with Gasteiger partial charge in [-0.2, -0.15) is 0 Å². The lowest BCUT2D eigenvalue weighted by molar-refractivity contribution is -0.129. The summed E-state index contributed by atoms with van der Waals surface area (Å²) in [6.07, 6.45) is 4.61. The lowest BCUT2D eigenvalue weighted by atomic mass is 9.82. The fourth-order valence-electron chi connectivity index (χ4n) is 5.26. The highest BCUT2D eigenvalue weighted by atomic mass is 16.6. The van der Waals surface area contributed by atoms with Crippen molar-refractivity contribution in [1.82, 2.24) is 4.90 Å². The molecule has 1 aromatic rings. The highest BCUT2D eigenvalue weighted by molar-refractivity contribution is 6.25. The minimum absolute atomic E-state index is 0.0964. The number of fused-ring (bicyclic) bond motifs is 5. The molecule has 1 aromatic carbocycles. The maximum atomic E-state index is 13.3. The van der Waals surface area contributed by atoms with Gasteiger partial charge < -0.3 is 4.74 Å². The third-order valence-electron chi connectivity index (χ3n) is 6.39. The number of cyclic esters (lactones) is 1. The molecule has 1 heterocycles. The number of nitrogens with zero attached hydrogens (tertiary/aromatic N) is 1. The lowest BCUT2D eigenvalue weighted by Gasteiger charge is -2.21. The summed E-state index contributed by atoms with van der Waals surface area (Å²) in [5.41, 5.74) is 1.88. The Kier molecular flexibility index (Phi) is 3.23. The Morgan fingerprint density at radius 3 is 2.46 bits per heavy atom. The van der Waals surface area contributed by atoms with E-state index >= 15 is 0 Å². The molecule has 4 aliphatic rings. The maximum Gasteiger partial charge on any atom is 0.417 e. The smallest absolute Gasteiger partial charge is 0.417 e. The van der Waals surface area contributed by atoms with Crippen LogP contribution in [0.2, 0.25) is 0 Å². The molecule has 2 amide bonds. The minimum Gasteiger partial charge on any atom is -0.446 e. The second kappa shape index (κ2) is 5.40. The highest BCUT2D eigenvalue weighted by Crippen LogP contribution is 2.56. The number of carbonyl (C=O) groups is 3. The van der Waals surface area contributed by atoms with E-state index in [1.807, 2.05) is 37.3 Å². The van der Waals surface area contributed by atoms with Crippen molar-refractivity contribution in [3.8, 4) is 0 Å². The molecule has 3 aliphatic carbocycles. The third kappa shape index (κ3) is 1.94. The average molecular weight is 349 g/mol. The van der Waals surface area contributed by atoms with Crippen molar-refractivity contribution in [3.63, 3.8) is 0 Å². The first kappa shape index (κ1) is 15.6. The summed E-state index contributed by atoms with van der Waals surface area (Å²) >= 11 is 0. The van der Waals surface area contributed by atoms with Gasteiger partial charge in [-0.1, -0.05) is 48.1 Å². The van der Waals surface area contributed by atoms with E-state index in [9.17, 15) is 14.4 Å². The molecule has 5 nitrogen and oxygen atoms in total. The quantitative estimate of drug-likeness (QED) is 0.608. The van der Waals surface area contributed by atoms with Gasteiger partial charge in [0.1, 0.15) is 12.6 Å². The van der Waals surface area contributed by atoms with Crippen LogP contribution in [0.3, 0.4) is 0 Å². The van der Waals surface area contributed by atoms with Gasteiger partial charge in [0.15, 0.2) is 5.78 Å². The number of benzene rings is 1. The molecule has 2 fully saturated rings. The first-order valence-electron chi connectivity index (χ1n) is 9.06. The van der Waals surface area contributed by atoms with E-state index in [4.69, 9.17) is 4.74 Å². The summed E-state index contributed by atoms with van der Waals surface area (Å²) in [7, 11) is 0. The summed E-state index contributed by atoms with van der Waals surface area (Å²) < 4.78 is 5.15. The summed E-state index contributed by atoms with van der Waals surface area (Å²) in [5.74, 6) is -0.0376. The number of hydrogen-bond donors (Lipinski definition) is 0. The van der Waals surface area contributed by atoms with E-state index in [2.05, 4.69) is 12.2 Å². The SMILES string of the molecule is CC1=C(C(=O)N2C(=O)OC[C@H]2c2ccccc2)C(=O)[C@@H]2[C@H]1[C@@H]1C=C[C@H]2C1. The predicted molar refractivity (Wildman–Crippen MR) is 92.8 cm³/mol. The number of ether oxygens (including phenoxy) is 1. The second-order valence-electron chi connectivity index (χ2n) is 7.60. The van der Waals surface area contributed by atoms with Crippen LogP contribution in [-0.2, 0) is 14.3 Å². The number of ketones is 1. The second-order valence-corrected chi connectivity index (χ2v) is 7.60. The topological polar surface area (TPSA) is 63.7 Å². The third-order valence-corrected chi connectivity index (χ3v) is 6.39. The Hall–Kier alpha value is -2.69. The first-order valence-corrected chi connectivity index (χ1v) is 9.06. The zero-order chi connectivity index (χ0) is 18.0. The zero-order valence-corrected chi connectivity index (χ0v) is 14.4. The van der Waals surface area contributed by atoms with Crippen LogP contribution in [0.25, 0.3) is 0 Å². The van der Waals surface area contributed by atoms with E-state index in [0.717, 1.165) is 22.5 Å². The molecule has 0 N–H and O–H groups in total. The van der Waals surface area contributed by atoms with Gasteiger partial charge in [-0.25, -0.2) is 9.69 Å². The Balaban J connectivity index is 1.51. The molecule has 2 bridgehead atoms. The molecule has 5 heteroatoms. The number of hydrogen-bond acceptors (Lipinski definition) is 4. The van der Waals surface area contributed by atoms with Gasteiger partial charge in [0, 0.05) is 5.92 Å². The van der Waals surface area contributed by atoms with E-state index < -0.39 is 18.0 Å². The molecule has 5 rings (SSSR count). The van der Waals surface area contributed by atoms with Crippen LogP contribution in [-0.4, -0.2) is 29.3 Å². The molecule has 0 spiro atoms. The van der Waals surface area contributed by atoms with Crippen molar-refractivity contribution >= 4 is 17.8 Å². The van der Waals surface area contributed by atoms with E-state index in [1.165, 1.54) is 0 Å². The largest absolute Gasteiger partial charge is 0.446 e. The molecule has 1 aliphatic heterocycles. The van der Waals surface area contributed by atoms with Gasteiger partial charge in [-0.05, 0) is 36.7 Å². The van der Waals surface area contributed by atoms with Crippen molar-refractivity contribution in [2.75, 3.05) is 6.61 Å². The summed E-state index contributed by atoms with van der Waals surface area (Å²) in [4.78, 5) is 39.7. The Morgan fingerprint density at radius 1 is 1.08 bits per heavy atom. The molecule has 26 heavy (non-hydrogen) atoms. The minimum atomic E-state index is -0.671. The molecule has 0 unspecified atom stereocenters. The van der Waals surface area contributed by atoms with Crippen molar-refractivity contribution in [2.45, 2.75) is 19.4 Å². The number of allylic oxidation sites excluding steroid dienone is 3. The maximum absolute atomic E-state index is 13.3. The fraction of sp³-hybridized carbons (Fsp3) is 0.381. The predicted octanol–water partition coefficient (Wildman–Crippen LogP) is 3.04. The first-order chi connectivity index (χ1) is 12.6. The number of Topliss-reactive ketones (excluding diaryl/α,β-unsaturated/α-hetero) is 1. The van der Waals surface area contributed by atoms with Crippen LogP contribution >= 0.6 is 0 Å². The molecular weight excluding hydrogens is 330 g/mol. The molecule has 132 valence electrons. The fourth-order valence-corrected chi connectivity index (χ4v) is 5.26. The zero-order valence-electron chi connectivity index (χ0n) is 14.4. The van der Waals surface area contributed by atoms with Crippen molar-refractivity contribution < 1.29 is 19.1 Å². The van der Waals surface area contributed by atoms with Gasteiger partial charge in [0.25, 0.3) is 5.91 Å². The van der Waals surface area contributed by atoms with Crippen LogP contribution < -0.4 is 0 Å². The van der Waals surface area contributed by atoms with Crippen molar-refractivity contribution in [1.29, 1.82) is 0 Å². The van der Waals surface area contributed by atoms with Crippen molar-refractivity contribution in [3.05, 3.63) is 59.2 Å². The van der Waals surface area contributed by atoms with E-state index in [0.29, 0.717) is 5.92 Å². The Labute approximate surface area is 151 Å². The van der Waals surface area contributed by atoms with Crippen LogP contribution in [0.1, 0.15) is 24.9 Å². The van der Waals surface area contributed by atoms with Crippen LogP contribution in [0.5, 0.6) is 0 Å². The molecule has 5 atom stereocenters. The standard InChI is InChI=1S/C21H19NO4/c1-11-16-13-7-8-14(9-13)18(16)19(23)17(11)20(24)22-15(10-26-21(22)25)12-5-3-2-4-6-12/h2-8,13-16,18H,9-10H2,1H3/t13-,14+,15+,16-,18+/m1/s1. The summed E-state index contributed by atoms with van der Waals surface area (Å²) in [5, 5.41) is 0. The monoisotopic (exact) mass is 349 g/mol. The van der Waals surface area contributed by atoms with Gasteiger partial charge in [0.05, 0.1) is 5.57 Å². The molecule has 1 saturated carbocycles. The molecule has 0 radical (unpaired) electrons. The van der Waals surface area contributed by atoms with Gasteiger partial charge in [-0.3, -0.25) is 9.59 Å². The average Bonchev–Trinajstić information content (AvgIpc) is 3.39. The normalized spacial score (nSPS) is 34.7. The number of rotatable bonds is 2. The molecule has 1 saturated heterocycles. The van der Waals surface area contributed by atoms with Crippen LogP contribution in [0, 0.1) is 23.7 Å². The van der Waals surface area contributed by atoms with Gasteiger partial charge in [-0.15, -0.1) is 0 Å². The molecule has 0 aromatic heterocycles. The van der Waals surface area contributed by atoms with Crippen molar-refractivity contribution in [2.24, 2.45) is 23.7 Å².